The van der Waals surface area contributed by atoms with Crippen molar-refractivity contribution in [3.05, 3.63) is 78.8 Å². The van der Waals surface area contributed by atoms with Crippen LogP contribution in [0.5, 0.6) is 0 Å². The molecule has 14 heteroatoms. The second-order valence-electron chi connectivity index (χ2n) is 8.40. The smallest absolute Gasteiger partial charge is 0.272 e. The molecule has 0 N–H and O–H groups in total. The molecule has 1 saturated carbocycles. The molecule has 36 heavy (non-hydrogen) atoms. The van der Waals surface area contributed by atoms with Crippen LogP contribution in [-0.4, -0.2) is 47.2 Å². The van der Waals surface area contributed by atoms with Crippen molar-refractivity contribution in [1.29, 1.82) is 0 Å². The van der Waals surface area contributed by atoms with Crippen LogP contribution in [0.4, 0.5) is 11.4 Å². The highest BCUT2D eigenvalue weighted by Crippen LogP contribution is 2.44. The van der Waals surface area contributed by atoms with Crippen molar-refractivity contribution in [2.24, 2.45) is 11.8 Å². The van der Waals surface area contributed by atoms with Crippen LogP contribution >= 0.6 is 43.5 Å². The van der Waals surface area contributed by atoms with Gasteiger partial charge in [-0.05, 0) is 37.1 Å². The molecule has 1 aliphatic heterocycles. The highest BCUT2D eigenvalue weighted by molar-refractivity contribution is 9.12. The summed E-state index contributed by atoms with van der Waals surface area (Å²) in [5, 5.41) is 24.4. The molecular weight excluding hydrogens is 628 g/mol. The Kier molecular flexibility index (Phi) is 7.43. The molecular formula is C22H17Br2ClN4O7. The molecule has 4 atom stereocenters. The van der Waals surface area contributed by atoms with E-state index in [9.17, 15) is 34.6 Å². The summed E-state index contributed by atoms with van der Waals surface area (Å²) in [6.45, 7) is -0.476. The van der Waals surface area contributed by atoms with Crippen molar-refractivity contribution < 1.29 is 24.2 Å². The maximum atomic E-state index is 13.6. The fourth-order valence-electron chi connectivity index (χ4n) is 4.43. The van der Waals surface area contributed by atoms with Gasteiger partial charge in [0.15, 0.2) is 0 Å². The number of nitro benzene ring substituents is 2. The minimum Gasteiger partial charge on any atom is -0.272 e. The molecule has 2 aliphatic rings. The molecule has 188 valence electrons. The molecule has 0 aromatic heterocycles. The highest BCUT2D eigenvalue weighted by Gasteiger charge is 2.54. The first-order valence-electron chi connectivity index (χ1n) is 10.6. The number of nitro groups is 2. The Morgan fingerprint density at radius 2 is 1.53 bits per heavy atom. The SMILES string of the molecule is O=C(c1ccc([N+](=O)[O-])cc1)N(Cc1ccc(Cl)cc1[N+](=O)[O-])N1C(=O)[C@H]2C[C@@H](Br)[C@@H](Br)C[C@H]2C1=O. The zero-order valence-electron chi connectivity index (χ0n) is 18.3. The van der Waals surface area contributed by atoms with E-state index in [0.29, 0.717) is 12.8 Å². The van der Waals surface area contributed by atoms with Gasteiger partial charge < -0.3 is 0 Å². The van der Waals surface area contributed by atoms with Gasteiger partial charge in [-0.25, -0.2) is 5.01 Å². The van der Waals surface area contributed by atoms with E-state index in [4.69, 9.17) is 11.6 Å². The molecule has 3 amide bonds. The van der Waals surface area contributed by atoms with Crippen molar-refractivity contribution >= 4 is 72.6 Å². The summed E-state index contributed by atoms with van der Waals surface area (Å²) in [6.07, 6.45) is 0.727. The highest BCUT2D eigenvalue weighted by atomic mass is 79.9. The van der Waals surface area contributed by atoms with Gasteiger partial charge >= 0.3 is 0 Å². The Bertz CT molecular complexity index is 1250. The molecule has 2 fully saturated rings. The van der Waals surface area contributed by atoms with Crippen LogP contribution in [-0.2, 0) is 16.1 Å². The molecule has 11 nitrogen and oxygen atoms in total. The first kappa shape index (κ1) is 26.2. The van der Waals surface area contributed by atoms with E-state index >= 15 is 0 Å². The van der Waals surface area contributed by atoms with Gasteiger partial charge in [0, 0.05) is 38.4 Å². The van der Waals surface area contributed by atoms with Crippen molar-refractivity contribution in [1.82, 2.24) is 10.0 Å². The first-order chi connectivity index (χ1) is 17.0. The molecule has 0 spiro atoms. The molecule has 1 aliphatic carbocycles. The second-order valence-corrected chi connectivity index (χ2v) is 11.2. The predicted octanol–water partition coefficient (Wildman–Crippen LogP) is 4.64. The lowest BCUT2D eigenvalue weighted by Crippen LogP contribution is -2.49. The Hall–Kier alpha value is -2.90. The lowest BCUT2D eigenvalue weighted by Gasteiger charge is -2.30. The van der Waals surface area contributed by atoms with Crippen molar-refractivity contribution in [2.45, 2.75) is 29.0 Å². The number of rotatable bonds is 6. The number of hydrazine groups is 1. The topological polar surface area (TPSA) is 144 Å². The number of fused-ring (bicyclic) bond motifs is 1. The third kappa shape index (κ3) is 4.87. The average molecular weight is 645 g/mol. The van der Waals surface area contributed by atoms with E-state index < -0.39 is 45.9 Å². The number of carbonyl (C=O) groups excluding carboxylic acids is 3. The van der Waals surface area contributed by atoms with Gasteiger partial charge in [-0.3, -0.25) is 34.6 Å². The zero-order chi connectivity index (χ0) is 26.3. The lowest BCUT2D eigenvalue weighted by molar-refractivity contribution is -0.385. The number of alkyl halides is 2. The largest absolute Gasteiger partial charge is 0.275 e. The maximum absolute atomic E-state index is 13.6. The summed E-state index contributed by atoms with van der Waals surface area (Å²) >= 11 is 12.9. The zero-order valence-corrected chi connectivity index (χ0v) is 22.2. The van der Waals surface area contributed by atoms with Gasteiger partial charge in [-0.15, -0.1) is 0 Å². The summed E-state index contributed by atoms with van der Waals surface area (Å²) in [5.41, 5.74) is -0.629. The minimum atomic E-state index is -0.819. The number of amides is 3. The molecule has 0 radical (unpaired) electrons. The summed E-state index contributed by atoms with van der Waals surface area (Å²) in [4.78, 5) is 61.6. The van der Waals surface area contributed by atoms with Gasteiger partial charge in [-0.2, -0.15) is 5.01 Å². The molecule has 2 aromatic rings. The Balaban J connectivity index is 1.76. The van der Waals surface area contributed by atoms with Crippen LogP contribution in [0.15, 0.2) is 42.5 Å². The maximum Gasteiger partial charge on any atom is 0.275 e. The number of benzene rings is 2. The predicted molar refractivity (Wildman–Crippen MR) is 135 cm³/mol. The van der Waals surface area contributed by atoms with Crippen molar-refractivity contribution in [3.8, 4) is 0 Å². The summed E-state index contributed by atoms with van der Waals surface area (Å²) in [6, 6.07) is 8.50. The summed E-state index contributed by atoms with van der Waals surface area (Å²) in [7, 11) is 0. The third-order valence-corrected chi connectivity index (χ3v) is 9.22. The van der Waals surface area contributed by atoms with Gasteiger partial charge in [-0.1, -0.05) is 43.5 Å². The number of carbonyl (C=O) groups is 3. The fourth-order valence-corrected chi connectivity index (χ4v) is 5.83. The number of imide groups is 1. The third-order valence-electron chi connectivity index (χ3n) is 6.25. The molecule has 4 rings (SSSR count). The monoisotopic (exact) mass is 642 g/mol. The Labute approximate surface area is 225 Å². The van der Waals surface area contributed by atoms with E-state index in [0.717, 1.165) is 28.2 Å². The molecule has 1 heterocycles. The molecule has 1 saturated heterocycles. The fraction of sp³-hybridized carbons (Fsp3) is 0.318. The summed E-state index contributed by atoms with van der Waals surface area (Å²) in [5.74, 6) is -3.31. The van der Waals surface area contributed by atoms with Gasteiger partial charge in [0.05, 0.1) is 33.8 Å². The van der Waals surface area contributed by atoms with Crippen LogP contribution in [0, 0.1) is 32.1 Å². The summed E-state index contributed by atoms with van der Waals surface area (Å²) < 4.78 is 0. The number of halogens is 3. The van der Waals surface area contributed by atoms with Crippen LogP contribution in [0.3, 0.4) is 0 Å². The number of hydrogen-bond acceptors (Lipinski definition) is 7. The quantitative estimate of drug-likeness (QED) is 0.193. The van der Waals surface area contributed by atoms with Crippen molar-refractivity contribution in [2.75, 3.05) is 0 Å². The van der Waals surface area contributed by atoms with E-state index in [2.05, 4.69) is 31.9 Å². The van der Waals surface area contributed by atoms with E-state index in [1.165, 1.54) is 24.3 Å². The average Bonchev–Trinajstić information content (AvgIpc) is 3.07. The standard InChI is InChI=1S/C22H17Br2ClN4O7/c23-17-8-15-16(9-18(17)24)22(32)27(21(15)31)26(10-12-1-4-13(25)7-19(12)29(35)36)20(30)11-2-5-14(6-3-11)28(33)34/h1-7,15-18H,8-10H2/t15-,16+,17+,18-. The molecule has 0 bridgehead atoms. The van der Waals surface area contributed by atoms with E-state index in [1.54, 1.807) is 0 Å². The first-order valence-corrected chi connectivity index (χ1v) is 12.9. The van der Waals surface area contributed by atoms with Crippen molar-refractivity contribution in [3.63, 3.8) is 0 Å². The normalized spacial score (nSPS) is 23.4. The Morgan fingerprint density at radius 3 is 2.03 bits per heavy atom. The van der Waals surface area contributed by atoms with Gasteiger partial charge in [0.2, 0.25) is 0 Å². The number of non-ortho nitro benzene ring substituents is 1. The van der Waals surface area contributed by atoms with E-state index in [1.807, 2.05) is 0 Å². The lowest BCUT2D eigenvalue weighted by atomic mass is 9.81. The van der Waals surface area contributed by atoms with Gasteiger partial charge in [0.25, 0.3) is 29.1 Å². The second kappa shape index (κ2) is 10.2. The van der Waals surface area contributed by atoms with E-state index in [-0.39, 0.29) is 37.2 Å². The molecule has 2 aromatic carbocycles. The Morgan fingerprint density at radius 1 is 0.972 bits per heavy atom. The van der Waals surface area contributed by atoms with Gasteiger partial charge in [0.1, 0.15) is 0 Å². The number of nitrogens with zero attached hydrogens (tertiary/aromatic N) is 4. The van der Waals surface area contributed by atoms with Crippen LogP contribution in [0.1, 0.15) is 28.8 Å². The molecule has 0 unspecified atom stereocenters. The van der Waals surface area contributed by atoms with Crippen LogP contribution in [0.2, 0.25) is 5.02 Å². The van der Waals surface area contributed by atoms with Crippen LogP contribution in [0.25, 0.3) is 0 Å². The van der Waals surface area contributed by atoms with Crippen LogP contribution < -0.4 is 0 Å². The number of hydrogen-bond donors (Lipinski definition) is 0. The minimum absolute atomic E-state index is 0.0376.